The first-order chi connectivity index (χ1) is 14.3. The highest BCUT2D eigenvalue weighted by molar-refractivity contribution is 7.88. The summed E-state index contributed by atoms with van der Waals surface area (Å²) in [6.07, 6.45) is 4.72. The molecule has 9 heteroatoms. The molecule has 1 aromatic carbocycles. The van der Waals surface area contributed by atoms with E-state index in [1.165, 1.54) is 10.6 Å². The maximum atomic E-state index is 13.4. The summed E-state index contributed by atoms with van der Waals surface area (Å²) < 4.78 is 26.8. The number of aromatic nitrogens is 2. The molecule has 0 radical (unpaired) electrons. The number of piperidine rings is 1. The molecule has 2 fully saturated rings. The van der Waals surface area contributed by atoms with Gasteiger partial charge in [-0.05, 0) is 37.8 Å². The third kappa shape index (κ3) is 3.24. The van der Waals surface area contributed by atoms with Gasteiger partial charge in [-0.2, -0.15) is 0 Å². The molecule has 0 N–H and O–H groups in total. The van der Waals surface area contributed by atoms with Crippen molar-refractivity contribution in [2.45, 2.75) is 50.7 Å². The minimum atomic E-state index is -3.21. The molecular formula is C21H26N4O4S. The lowest BCUT2D eigenvalue weighted by Gasteiger charge is -2.35. The molecule has 2 unspecified atom stereocenters. The van der Waals surface area contributed by atoms with Crippen molar-refractivity contribution >= 4 is 26.8 Å². The average molecular weight is 431 g/mol. The number of carbonyl (C=O) groups is 1. The highest BCUT2D eigenvalue weighted by atomic mass is 32.2. The van der Waals surface area contributed by atoms with Gasteiger partial charge in [0.05, 0.1) is 23.2 Å². The van der Waals surface area contributed by atoms with Gasteiger partial charge >= 0.3 is 0 Å². The van der Waals surface area contributed by atoms with Crippen LogP contribution < -0.4 is 5.56 Å². The van der Waals surface area contributed by atoms with E-state index in [1.54, 1.807) is 10.6 Å². The number of hydrogen-bond donors (Lipinski definition) is 0. The minimum Gasteiger partial charge on any atom is -0.334 e. The van der Waals surface area contributed by atoms with Crippen LogP contribution in [0.15, 0.2) is 29.1 Å². The number of rotatable bonds is 2. The summed E-state index contributed by atoms with van der Waals surface area (Å²) in [7, 11) is -3.21. The standard InChI is InChI=1S/C21H26N4O4S/c1-30(28,29)23-10-8-14(9-11-23)20(26)25-15-6-7-16(25)13-24-19(12-15)22-18-5-3-2-4-17(18)21(24)27/h2-5,14-16H,6-13H2,1H3. The zero-order valence-corrected chi connectivity index (χ0v) is 17.8. The van der Waals surface area contributed by atoms with E-state index in [0.717, 1.165) is 18.7 Å². The maximum Gasteiger partial charge on any atom is 0.261 e. The van der Waals surface area contributed by atoms with Crippen molar-refractivity contribution < 1.29 is 13.2 Å². The first-order valence-electron chi connectivity index (χ1n) is 10.6. The Morgan fingerprint density at radius 2 is 1.77 bits per heavy atom. The van der Waals surface area contributed by atoms with Crippen molar-refractivity contribution in [3.8, 4) is 0 Å². The molecule has 0 spiro atoms. The van der Waals surface area contributed by atoms with Crippen LogP contribution in [0, 0.1) is 5.92 Å². The van der Waals surface area contributed by atoms with Crippen LogP contribution >= 0.6 is 0 Å². The van der Waals surface area contributed by atoms with Crippen molar-refractivity contribution in [3.63, 3.8) is 0 Å². The second-order valence-electron chi connectivity index (χ2n) is 8.73. The summed E-state index contributed by atoms with van der Waals surface area (Å²) in [5.74, 6) is 0.715. The molecule has 2 saturated heterocycles. The molecule has 2 aromatic rings. The van der Waals surface area contributed by atoms with Crippen LogP contribution in [0.1, 0.15) is 31.5 Å². The molecule has 0 saturated carbocycles. The quantitative estimate of drug-likeness (QED) is 0.708. The molecule has 2 atom stereocenters. The summed E-state index contributed by atoms with van der Waals surface area (Å²) >= 11 is 0. The summed E-state index contributed by atoms with van der Waals surface area (Å²) in [6, 6.07) is 7.45. The van der Waals surface area contributed by atoms with Gasteiger partial charge in [-0.3, -0.25) is 14.2 Å². The van der Waals surface area contributed by atoms with Gasteiger partial charge in [-0.25, -0.2) is 17.7 Å². The monoisotopic (exact) mass is 430 g/mol. The average Bonchev–Trinajstić information content (AvgIpc) is 3.03. The fraction of sp³-hybridized carbons (Fsp3) is 0.571. The molecule has 5 rings (SSSR count). The van der Waals surface area contributed by atoms with Crippen molar-refractivity contribution in [2.75, 3.05) is 19.3 Å². The molecule has 160 valence electrons. The van der Waals surface area contributed by atoms with E-state index < -0.39 is 10.0 Å². The van der Waals surface area contributed by atoms with Crippen molar-refractivity contribution in [1.82, 2.24) is 18.8 Å². The number of sulfonamides is 1. The van der Waals surface area contributed by atoms with Crippen LogP contribution in [0.25, 0.3) is 10.9 Å². The maximum absolute atomic E-state index is 13.4. The van der Waals surface area contributed by atoms with Crippen molar-refractivity contribution in [1.29, 1.82) is 0 Å². The third-order valence-electron chi connectivity index (χ3n) is 6.90. The van der Waals surface area contributed by atoms with E-state index >= 15 is 0 Å². The Labute approximate surface area is 175 Å². The Morgan fingerprint density at radius 3 is 2.50 bits per heavy atom. The number of carbonyl (C=O) groups excluding carboxylic acids is 1. The van der Waals surface area contributed by atoms with Gasteiger partial charge in [-0.15, -0.1) is 0 Å². The first kappa shape index (κ1) is 19.7. The molecule has 3 aliphatic heterocycles. The van der Waals surface area contributed by atoms with E-state index in [1.807, 2.05) is 23.1 Å². The second-order valence-corrected chi connectivity index (χ2v) is 10.7. The normalized spacial score (nSPS) is 25.3. The Morgan fingerprint density at radius 1 is 1.07 bits per heavy atom. The summed E-state index contributed by atoms with van der Waals surface area (Å²) in [5.41, 5.74) is 0.676. The molecule has 1 amide bonds. The fourth-order valence-corrected chi connectivity index (χ4v) is 6.20. The first-order valence-corrected chi connectivity index (χ1v) is 12.4. The SMILES string of the molecule is CS(=O)(=O)N1CCC(C(=O)N2C3CCC2Cn2c(nc4ccccc4c2=O)C3)CC1. The molecule has 3 aliphatic rings. The van der Waals surface area contributed by atoms with Crippen molar-refractivity contribution in [2.24, 2.45) is 5.92 Å². The predicted octanol–water partition coefficient (Wildman–Crippen LogP) is 0.984. The number of amides is 1. The summed E-state index contributed by atoms with van der Waals surface area (Å²) in [6.45, 7) is 1.27. The Hall–Kier alpha value is -2.26. The van der Waals surface area contributed by atoms with E-state index in [-0.39, 0.29) is 29.5 Å². The molecule has 8 nitrogen and oxygen atoms in total. The van der Waals surface area contributed by atoms with E-state index in [0.29, 0.717) is 49.8 Å². The van der Waals surface area contributed by atoms with Gasteiger partial charge in [0.2, 0.25) is 15.9 Å². The van der Waals surface area contributed by atoms with Gasteiger partial charge in [0.15, 0.2) is 0 Å². The molecule has 30 heavy (non-hydrogen) atoms. The lowest BCUT2D eigenvalue weighted by molar-refractivity contribution is -0.139. The zero-order chi connectivity index (χ0) is 21.0. The number of hydrogen-bond acceptors (Lipinski definition) is 5. The van der Waals surface area contributed by atoms with E-state index in [2.05, 4.69) is 0 Å². The van der Waals surface area contributed by atoms with Crippen LogP contribution in [-0.2, 0) is 27.8 Å². The lowest BCUT2D eigenvalue weighted by Crippen LogP contribution is -2.48. The van der Waals surface area contributed by atoms with Gasteiger partial charge in [0, 0.05) is 38.0 Å². The topological polar surface area (TPSA) is 92.6 Å². The van der Waals surface area contributed by atoms with Crippen LogP contribution in [0.3, 0.4) is 0 Å². The Balaban J connectivity index is 1.41. The molecule has 0 aliphatic carbocycles. The second kappa shape index (κ2) is 7.16. The highest BCUT2D eigenvalue weighted by Gasteiger charge is 2.43. The fourth-order valence-electron chi connectivity index (χ4n) is 5.33. The Kier molecular flexibility index (Phi) is 4.70. The minimum absolute atomic E-state index is 0.00245. The number of nitrogens with zero attached hydrogens (tertiary/aromatic N) is 4. The van der Waals surface area contributed by atoms with Crippen LogP contribution in [-0.4, -0.2) is 64.5 Å². The summed E-state index contributed by atoms with van der Waals surface area (Å²) in [5, 5.41) is 0.616. The van der Waals surface area contributed by atoms with E-state index in [4.69, 9.17) is 4.98 Å². The molecule has 2 bridgehead atoms. The van der Waals surface area contributed by atoms with Crippen LogP contribution in [0.2, 0.25) is 0 Å². The smallest absolute Gasteiger partial charge is 0.261 e. The predicted molar refractivity (Wildman–Crippen MR) is 113 cm³/mol. The molecule has 1 aromatic heterocycles. The lowest BCUT2D eigenvalue weighted by atomic mass is 9.95. The summed E-state index contributed by atoms with van der Waals surface area (Å²) in [4.78, 5) is 33.3. The Bertz CT molecular complexity index is 1170. The van der Waals surface area contributed by atoms with Gasteiger partial charge in [-0.1, -0.05) is 12.1 Å². The zero-order valence-electron chi connectivity index (χ0n) is 17.0. The van der Waals surface area contributed by atoms with Crippen LogP contribution in [0.5, 0.6) is 0 Å². The molecular weight excluding hydrogens is 404 g/mol. The van der Waals surface area contributed by atoms with Gasteiger partial charge < -0.3 is 4.90 Å². The van der Waals surface area contributed by atoms with Gasteiger partial charge in [0.25, 0.3) is 5.56 Å². The number of benzene rings is 1. The molecule has 4 heterocycles. The number of fused-ring (bicyclic) bond motifs is 4. The van der Waals surface area contributed by atoms with Crippen molar-refractivity contribution in [3.05, 3.63) is 40.4 Å². The highest BCUT2D eigenvalue weighted by Crippen LogP contribution is 2.34. The number of para-hydroxylation sites is 1. The largest absolute Gasteiger partial charge is 0.334 e. The van der Waals surface area contributed by atoms with Gasteiger partial charge in [0.1, 0.15) is 5.82 Å². The van der Waals surface area contributed by atoms with E-state index in [9.17, 15) is 18.0 Å². The third-order valence-corrected chi connectivity index (χ3v) is 8.20. The van der Waals surface area contributed by atoms with Crippen LogP contribution in [0.4, 0.5) is 0 Å².